The molecule has 12 N–H and O–H groups in total. The topological polar surface area (TPSA) is 446 Å². The smallest absolute Gasteiger partial charge is 0.274 e. The summed E-state index contributed by atoms with van der Waals surface area (Å²) >= 11 is 0.950. The molecule has 5 aromatic rings. The van der Waals surface area contributed by atoms with Crippen molar-refractivity contribution in [3.63, 3.8) is 0 Å². The first kappa shape index (κ1) is 56.3. The van der Waals surface area contributed by atoms with Crippen LogP contribution in [0.5, 0.6) is 0 Å². The number of hydrogen-bond acceptors (Lipinski definition) is 20. The van der Waals surface area contributed by atoms with Crippen molar-refractivity contribution in [2.75, 3.05) is 0 Å². The number of aliphatic hydroxyl groups excluding tert-OH is 9. The number of carbonyl (C=O) groups excluding carboxylic acids is 1. The lowest BCUT2D eigenvalue weighted by Gasteiger charge is -2.24. The van der Waals surface area contributed by atoms with Gasteiger partial charge in [-0.3, -0.25) is 10.2 Å². The third-order valence-electron chi connectivity index (χ3n) is 10.3. The Morgan fingerprint density at radius 3 is 1.92 bits per heavy atom. The second kappa shape index (κ2) is 22.6. The van der Waals surface area contributed by atoms with Crippen molar-refractivity contribution in [2.45, 2.75) is 65.3 Å². The summed E-state index contributed by atoms with van der Waals surface area (Å²) in [6.45, 7) is 26.0. The zero-order valence-electron chi connectivity index (χ0n) is 41.5. The van der Waals surface area contributed by atoms with Gasteiger partial charge in [-0.05, 0) is 53.7 Å². The number of carbonyl (C=O) groups is 1. The second-order valence-corrected chi connectivity index (χ2v) is 17.5. The highest BCUT2D eigenvalue weighted by atomic mass is 32.1. The van der Waals surface area contributed by atoms with Crippen LogP contribution in [0.4, 0.5) is 0 Å². The zero-order valence-corrected chi connectivity index (χ0v) is 42.4. The molecule has 0 fully saturated rings. The van der Waals surface area contributed by atoms with Gasteiger partial charge in [0, 0.05) is 10.9 Å². The number of aliphatic imine (C=N–C) groups is 7. The Kier molecular flexibility index (Phi) is 16.5. The summed E-state index contributed by atoms with van der Waals surface area (Å²) in [7, 11) is 0. The molecule has 28 nitrogen and oxygen atoms in total. The van der Waals surface area contributed by atoms with Crippen LogP contribution in [-0.2, 0) is 0 Å². The van der Waals surface area contributed by atoms with Gasteiger partial charge in [0.15, 0.2) is 23.5 Å². The average Bonchev–Trinajstić information content (AvgIpc) is 4.21. The first-order valence-electron chi connectivity index (χ1n) is 22.0. The first-order chi connectivity index (χ1) is 36.1. The number of thiazole rings is 1. The Bertz CT molecular complexity index is 3540. The van der Waals surface area contributed by atoms with Gasteiger partial charge in [-0.2, -0.15) is 0 Å². The number of aliphatic hydroxyl groups is 10. The standard InChI is InChI=1S/C48H48N14O14S/c1-12-26-46-61-32(24(9)76-46)42(71)52-19(4)37(66)62-34(48(10,11)73)43(72)54-21(6)45-60-31(23(8)75-45)41(70)51-18(3)36(65)53-20(5)44-57-28(15-74-44)33-25(13-14-27(55-33)38(67)50-17(2)35(49)64)47-58-29(16-77-47)39(68)59-30(22(7)63)40(69)56-26/h12-16,22,30,34,63,73H,2-6H2,1,7-11H3,(H2,49,64)(H,50,67)(H,51,70)(H,52,71)(H,53,65)(H,54,72)(H,56,69)(H,59,68)(H,62,66)/b26-12-. The number of aryl methyl sites for hydroxylation is 2. The van der Waals surface area contributed by atoms with Crippen LogP contribution in [0.3, 0.4) is 0 Å². The average molecular weight is 1080 g/mol. The summed E-state index contributed by atoms with van der Waals surface area (Å²) in [6, 6.07) is -0.728. The molecule has 3 unspecified atom stereocenters. The Balaban J connectivity index is 1.49. The van der Waals surface area contributed by atoms with E-state index in [-0.39, 0.29) is 91.0 Å². The number of oxazole rings is 3. The van der Waals surface area contributed by atoms with Crippen molar-refractivity contribution in [3.8, 4) is 22.0 Å². The number of nitrogens with zero attached hydrogens (tertiary/aromatic N) is 12. The van der Waals surface area contributed by atoms with E-state index in [0.717, 1.165) is 17.6 Å². The third-order valence-corrected chi connectivity index (χ3v) is 11.1. The molecule has 0 radical (unpaired) electrons. The monoisotopic (exact) mass is 1080 g/mol. The minimum absolute atomic E-state index is 0.0522. The van der Waals surface area contributed by atoms with Crippen LogP contribution in [0.15, 0.2) is 128 Å². The SMILES string of the molecule is C=C1N=C(O)c2nc(oc2C)C(=C)N=C(O)C(C(C)(C)O)N=C(O)C(=C)N=C(O)c2nc(oc2C)/C(=C/C)N=C(O)C(C(C)O)N=C(O)c2csc(n2)-c2ccc(C(=O)NC(=C)C(=N)O)nc2-c2coc(n2)C(=C)N=C1O. The van der Waals surface area contributed by atoms with Crippen LogP contribution in [0.2, 0.25) is 0 Å². The van der Waals surface area contributed by atoms with E-state index in [9.17, 15) is 55.9 Å². The van der Waals surface area contributed by atoms with Gasteiger partial charge in [0.2, 0.25) is 64.9 Å². The zero-order chi connectivity index (χ0) is 57.0. The fourth-order valence-corrected chi connectivity index (χ4v) is 7.18. The van der Waals surface area contributed by atoms with Crippen LogP contribution >= 0.6 is 11.3 Å². The third kappa shape index (κ3) is 12.9. The largest absolute Gasteiger partial charge is 0.495 e. The summed E-state index contributed by atoms with van der Waals surface area (Å²) in [6.07, 6.45) is 0.940. The minimum atomic E-state index is -1.96. The molecule has 6 rings (SSSR count). The summed E-state index contributed by atoms with van der Waals surface area (Å²) < 4.78 is 16.9. The van der Waals surface area contributed by atoms with Crippen molar-refractivity contribution >= 4 is 81.5 Å². The molecule has 8 bridgehead atoms. The number of allylic oxidation sites excluding steroid dienone is 1. The molecule has 400 valence electrons. The normalized spacial score (nSPS) is 17.8. The van der Waals surface area contributed by atoms with E-state index < -0.39 is 94.0 Å². The van der Waals surface area contributed by atoms with Crippen LogP contribution < -0.4 is 5.32 Å². The molecule has 5 aromatic heterocycles. The van der Waals surface area contributed by atoms with Crippen LogP contribution in [0.1, 0.15) is 84.5 Å². The van der Waals surface area contributed by atoms with Gasteiger partial charge in [0.1, 0.15) is 74.1 Å². The Labute approximate surface area is 439 Å². The maximum Gasteiger partial charge on any atom is 0.274 e. The van der Waals surface area contributed by atoms with E-state index in [1.54, 1.807) is 0 Å². The summed E-state index contributed by atoms with van der Waals surface area (Å²) in [4.78, 5) is 62.5. The number of rotatable bonds is 5. The van der Waals surface area contributed by atoms with Crippen molar-refractivity contribution in [1.29, 1.82) is 5.41 Å². The lowest BCUT2D eigenvalue weighted by atomic mass is 9.99. The van der Waals surface area contributed by atoms with Gasteiger partial charge in [-0.15, -0.1) is 11.3 Å². The predicted molar refractivity (Wildman–Crippen MR) is 284 cm³/mol. The first-order valence-corrected chi connectivity index (χ1v) is 22.9. The van der Waals surface area contributed by atoms with E-state index in [1.807, 2.05) is 0 Å². The van der Waals surface area contributed by atoms with E-state index in [2.05, 4.69) is 98.1 Å². The Hall–Kier alpha value is -10.0. The predicted octanol–water partition coefficient (Wildman–Crippen LogP) is 6.60. The molecule has 3 atom stereocenters. The molecule has 1 aliphatic heterocycles. The molecule has 0 saturated carbocycles. The summed E-state index contributed by atoms with van der Waals surface area (Å²) in [5, 5.41) is 120. The fourth-order valence-electron chi connectivity index (χ4n) is 6.35. The van der Waals surface area contributed by atoms with Crippen molar-refractivity contribution in [1.82, 2.24) is 30.2 Å². The molecule has 6 heterocycles. The van der Waals surface area contributed by atoms with Gasteiger partial charge in [0.05, 0.1) is 17.4 Å². The number of hydrogen-bond donors (Lipinski definition) is 12. The molecule has 0 spiro atoms. The summed E-state index contributed by atoms with van der Waals surface area (Å²) in [5.74, 6) is -9.23. The number of nitrogens with one attached hydrogen (secondary N) is 2. The molecule has 29 heteroatoms. The maximum atomic E-state index is 13.2. The van der Waals surface area contributed by atoms with Gasteiger partial charge >= 0.3 is 0 Å². The van der Waals surface area contributed by atoms with Crippen molar-refractivity contribution in [2.24, 2.45) is 34.9 Å². The number of aromatic nitrogens is 5. The van der Waals surface area contributed by atoms with Gasteiger partial charge in [0.25, 0.3) is 5.91 Å². The molecule has 77 heavy (non-hydrogen) atoms. The highest BCUT2D eigenvalue weighted by Gasteiger charge is 2.34. The van der Waals surface area contributed by atoms with E-state index in [0.29, 0.717) is 0 Å². The Morgan fingerprint density at radius 2 is 1.32 bits per heavy atom. The van der Waals surface area contributed by atoms with Crippen LogP contribution in [0.25, 0.3) is 39.1 Å². The molecular weight excluding hydrogens is 1030 g/mol. The lowest BCUT2D eigenvalue weighted by Crippen LogP contribution is -2.41. The number of pyridine rings is 1. The lowest BCUT2D eigenvalue weighted by molar-refractivity contribution is 0.0681. The highest BCUT2D eigenvalue weighted by Crippen LogP contribution is 2.34. The van der Waals surface area contributed by atoms with Crippen LogP contribution in [0, 0.1) is 19.3 Å². The highest BCUT2D eigenvalue weighted by molar-refractivity contribution is 7.13. The molecule has 1 amide bonds. The molecule has 0 saturated heterocycles. The number of fused-ring (bicyclic) bond motifs is 11. The molecule has 0 aliphatic carbocycles. The quantitative estimate of drug-likeness (QED) is 0.0651. The van der Waals surface area contributed by atoms with Crippen LogP contribution in [-0.4, -0.2) is 153 Å². The second-order valence-electron chi connectivity index (χ2n) is 16.7. The van der Waals surface area contributed by atoms with Gasteiger partial charge in [-0.25, -0.2) is 59.9 Å². The van der Waals surface area contributed by atoms with E-state index in [4.69, 9.17) is 18.7 Å². The number of amides is 1. The summed E-state index contributed by atoms with van der Waals surface area (Å²) in [5.41, 5.74) is -5.42. The van der Waals surface area contributed by atoms with Gasteiger partial charge in [-0.1, -0.05) is 39.0 Å². The minimum Gasteiger partial charge on any atom is -0.495 e. The van der Waals surface area contributed by atoms with Crippen molar-refractivity contribution < 1.29 is 69.1 Å². The Morgan fingerprint density at radius 1 is 0.740 bits per heavy atom. The van der Waals surface area contributed by atoms with Crippen molar-refractivity contribution in [3.05, 3.63) is 132 Å². The molecular formula is C48H48N14O14S. The van der Waals surface area contributed by atoms with E-state index >= 15 is 0 Å². The van der Waals surface area contributed by atoms with Gasteiger partial charge < -0.3 is 69.6 Å². The molecule has 1 aliphatic rings. The maximum absolute atomic E-state index is 13.2. The fraction of sp³-hybridized carbons (Fsp3) is 0.208. The molecule has 0 aromatic carbocycles. The van der Waals surface area contributed by atoms with E-state index in [1.165, 1.54) is 65.1 Å².